The maximum absolute atomic E-state index is 16.1. The molecule has 0 N–H and O–H groups in total. The molecule has 1 aliphatic rings. The summed E-state index contributed by atoms with van der Waals surface area (Å²) in [5, 5.41) is 21.5. The second kappa shape index (κ2) is 20.5. The van der Waals surface area contributed by atoms with Gasteiger partial charge in [0.1, 0.15) is 29.0 Å². The molecule has 13 heteroatoms. The molecule has 7 aromatic carbocycles. The Labute approximate surface area is 403 Å². The molecule has 0 aliphatic carbocycles. The molecule has 3 unspecified atom stereocenters. The Morgan fingerprint density at radius 3 is 1.52 bits per heavy atom. The van der Waals surface area contributed by atoms with Crippen LogP contribution in [0.4, 0.5) is 5.69 Å². The fraction of sp³-hybridized carbons (Fsp3) is 0.107. The van der Waals surface area contributed by atoms with Crippen molar-refractivity contribution in [3.05, 3.63) is 263 Å². The molecule has 3 atom stereocenters. The molecule has 0 spiro atoms. The third-order valence-corrected chi connectivity index (χ3v) is 18.2. The minimum atomic E-state index is -3.49. The van der Waals surface area contributed by atoms with Gasteiger partial charge in [-0.2, -0.15) is 10.2 Å². The van der Waals surface area contributed by atoms with Crippen LogP contribution in [0.15, 0.2) is 225 Å². The number of nitro benzene ring substituents is 1. The SMILES string of the molecule is CC(=O)OC(c1cccnn1)C1C(=O)N(C(C(=O)OCc2ccc([N+](=O)[O-])cc2)=P(c2ccccc2)(c2ccccc2)c2ccccc2)C1SC(c1ccccc1)(c1ccccc1)c1ccccc1. The van der Waals surface area contributed by atoms with Crippen molar-refractivity contribution >= 4 is 63.5 Å². The highest BCUT2D eigenvalue weighted by Crippen LogP contribution is 2.59. The van der Waals surface area contributed by atoms with Crippen LogP contribution in [-0.4, -0.2) is 48.7 Å². The molecule has 1 fully saturated rings. The van der Waals surface area contributed by atoms with Gasteiger partial charge in [-0.25, -0.2) is 4.79 Å². The molecule has 8 aromatic rings. The van der Waals surface area contributed by atoms with Crippen molar-refractivity contribution < 1.29 is 28.8 Å². The van der Waals surface area contributed by atoms with E-state index < -0.39 is 51.8 Å². The molecule has 69 heavy (non-hydrogen) atoms. The van der Waals surface area contributed by atoms with E-state index in [2.05, 4.69) is 46.6 Å². The van der Waals surface area contributed by atoms with Gasteiger partial charge in [0.2, 0.25) is 5.91 Å². The Hall–Kier alpha value is -7.92. The van der Waals surface area contributed by atoms with Crippen molar-refractivity contribution in [2.45, 2.75) is 29.8 Å². The quantitative estimate of drug-likeness (QED) is 0.0230. The number of likely N-dealkylation sites (tertiary alicyclic amines) is 1. The second-order valence-electron chi connectivity index (χ2n) is 16.2. The van der Waals surface area contributed by atoms with Crippen molar-refractivity contribution in [3.63, 3.8) is 0 Å². The van der Waals surface area contributed by atoms with E-state index in [1.165, 1.54) is 37.0 Å². The predicted octanol–water partition coefficient (Wildman–Crippen LogP) is 9.37. The van der Waals surface area contributed by atoms with Crippen molar-refractivity contribution in [2.75, 3.05) is 0 Å². The summed E-state index contributed by atoms with van der Waals surface area (Å²) in [6.45, 7) is -2.46. The number of rotatable bonds is 16. The molecule has 1 aliphatic heterocycles. The van der Waals surface area contributed by atoms with Crippen LogP contribution >= 0.6 is 18.6 Å². The summed E-state index contributed by atoms with van der Waals surface area (Å²) in [5.41, 5.74) is 3.43. The Morgan fingerprint density at radius 1 is 0.667 bits per heavy atom. The van der Waals surface area contributed by atoms with E-state index in [9.17, 15) is 14.9 Å². The van der Waals surface area contributed by atoms with Gasteiger partial charge in [-0.3, -0.25) is 24.6 Å². The third-order valence-electron chi connectivity index (χ3n) is 12.1. The Bertz CT molecular complexity index is 2920. The molecule has 11 nitrogen and oxygen atoms in total. The van der Waals surface area contributed by atoms with E-state index >= 15 is 9.59 Å². The second-order valence-corrected chi connectivity index (χ2v) is 20.8. The number of benzene rings is 7. The first-order valence-electron chi connectivity index (χ1n) is 22.2. The van der Waals surface area contributed by atoms with Crippen molar-refractivity contribution in [1.29, 1.82) is 0 Å². The minimum absolute atomic E-state index is 0.0931. The average molecular weight is 949 g/mol. The van der Waals surface area contributed by atoms with Crippen LogP contribution in [0.25, 0.3) is 0 Å². The highest BCUT2D eigenvalue weighted by Gasteiger charge is 2.61. The number of aromatic nitrogens is 2. The average Bonchev–Trinajstić information content (AvgIpc) is 3.40. The van der Waals surface area contributed by atoms with Gasteiger partial charge in [0.25, 0.3) is 5.69 Å². The number of hydrogen-bond acceptors (Lipinski definition) is 10. The van der Waals surface area contributed by atoms with Gasteiger partial charge in [0.15, 0.2) is 6.10 Å². The van der Waals surface area contributed by atoms with Gasteiger partial charge in [-0.15, -0.1) is 11.8 Å². The lowest BCUT2D eigenvalue weighted by atomic mass is 9.84. The summed E-state index contributed by atoms with van der Waals surface area (Å²) in [4.78, 5) is 58.1. The number of non-ortho nitro benzene ring substituents is 1. The van der Waals surface area contributed by atoms with E-state index in [4.69, 9.17) is 9.47 Å². The normalized spacial score (nSPS) is 15.0. The molecule has 1 aromatic heterocycles. The minimum Gasteiger partial charge on any atom is -0.456 e. The standard InChI is InChI=1S/C56H45N4O7PS/c1-40(61)67-51(49-33-20-38-57-58-49)50-52(62)59(54(50)69-56(42-21-8-2-9-22-42,43-23-10-3-11-24-43)44-25-12-4-13-26-44)53(55(63)66-39-41-34-36-45(37-35-41)60(64)65)68(46-27-14-5-15-28-46,47-29-16-6-17-30-47)48-31-18-7-19-32-48/h2-38,50-51,54H,39H2,1H3. The summed E-state index contributed by atoms with van der Waals surface area (Å²) < 4.78 is 11.5. The first kappa shape index (κ1) is 46.2. The smallest absolute Gasteiger partial charge is 0.356 e. The topological polar surface area (TPSA) is 142 Å². The van der Waals surface area contributed by atoms with Gasteiger partial charge in [0, 0.05) is 32.1 Å². The zero-order valence-corrected chi connectivity index (χ0v) is 39.0. The van der Waals surface area contributed by atoms with E-state index in [-0.39, 0.29) is 23.4 Å². The number of nitrogens with zero attached hydrogens (tertiary/aromatic N) is 4. The van der Waals surface area contributed by atoms with Crippen LogP contribution in [-0.2, 0) is 35.2 Å². The van der Waals surface area contributed by atoms with Gasteiger partial charge >= 0.3 is 11.9 Å². The zero-order chi connectivity index (χ0) is 47.8. The molecular formula is C56H45N4O7PS. The lowest BCUT2D eigenvalue weighted by Crippen LogP contribution is -2.67. The predicted molar refractivity (Wildman–Crippen MR) is 271 cm³/mol. The highest BCUT2D eigenvalue weighted by molar-refractivity contribution is 8.01. The number of nitro groups is 1. The van der Waals surface area contributed by atoms with Crippen molar-refractivity contribution in [3.8, 4) is 0 Å². The Morgan fingerprint density at radius 2 is 1.12 bits per heavy atom. The summed E-state index contributed by atoms with van der Waals surface area (Å²) in [5.74, 6) is -3.02. The number of esters is 2. The van der Waals surface area contributed by atoms with Gasteiger partial charge in [-0.1, -0.05) is 182 Å². The van der Waals surface area contributed by atoms with Crippen LogP contribution in [0.1, 0.15) is 41.0 Å². The maximum atomic E-state index is 16.1. The molecule has 0 bridgehead atoms. The fourth-order valence-corrected chi connectivity index (χ4v) is 15.4. The Balaban J connectivity index is 1.38. The van der Waals surface area contributed by atoms with E-state index in [1.54, 1.807) is 29.2 Å². The molecule has 2 heterocycles. The van der Waals surface area contributed by atoms with Crippen LogP contribution in [0.5, 0.6) is 0 Å². The van der Waals surface area contributed by atoms with Gasteiger partial charge in [0.05, 0.1) is 9.67 Å². The molecule has 1 amide bonds. The molecular weight excluding hydrogens is 904 g/mol. The van der Waals surface area contributed by atoms with Gasteiger partial charge < -0.3 is 9.47 Å². The highest BCUT2D eigenvalue weighted by atomic mass is 32.2. The summed E-state index contributed by atoms with van der Waals surface area (Å²) in [6, 6.07) is 68.2. The van der Waals surface area contributed by atoms with Crippen LogP contribution in [0, 0.1) is 16.0 Å². The first-order chi connectivity index (χ1) is 33.7. The number of hydrogen-bond donors (Lipinski definition) is 0. The van der Waals surface area contributed by atoms with Crippen LogP contribution in [0.3, 0.4) is 0 Å². The number of amides is 1. The zero-order valence-electron chi connectivity index (χ0n) is 37.3. The number of β-lactam (4-membered cyclic amide) rings is 1. The van der Waals surface area contributed by atoms with Gasteiger partial charge in [-0.05, 0) is 62.4 Å². The largest absolute Gasteiger partial charge is 0.456 e. The monoisotopic (exact) mass is 948 g/mol. The Kier molecular flexibility index (Phi) is 13.7. The maximum Gasteiger partial charge on any atom is 0.356 e. The van der Waals surface area contributed by atoms with E-state index in [0.29, 0.717) is 5.56 Å². The lowest BCUT2D eigenvalue weighted by molar-refractivity contribution is -0.384. The van der Waals surface area contributed by atoms with Crippen LogP contribution in [0.2, 0.25) is 0 Å². The van der Waals surface area contributed by atoms with Crippen molar-refractivity contribution in [2.24, 2.45) is 5.92 Å². The van der Waals surface area contributed by atoms with E-state index in [0.717, 1.165) is 32.6 Å². The summed E-state index contributed by atoms with van der Waals surface area (Å²) in [7, 11) is 0. The molecule has 0 saturated carbocycles. The number of ether oxygens (including phenoxy) is 2. The van der Waals surface area contributed by atoms with Crippen LogP contribution < -0.4 is 15.9 Å². The molecule has 0 radical (unpaired) electrons. The molecule has 1 saturated heterocycles. The molecule has 342 valence electrons. The van der Waals surface area contributed by atoms with E-state index in [1.807, 2.05) is 146 Å². The number of carbonyl (C=O) groups excluding carboxylic acids is 3. The molecule has 9 rings (SSSR count). The number of thioether (sulfide) groups is 1. The summed E-state index contributed by atoms with van der Waals surface area (Å²) in [6.07, 6.45) is 0.277. The van der Waals surface area contributed by atoms with Crippen molar-refractivity contribution in [1.82, 2.24) is 15.1 Å². The first-order valence-corrected chi connectivity index (χ1v) is 24.9. The lowest BCUT2D eigenvalue weighted by Gasteiger charge is -2.53. The summed E-state index contributed by atoms with van der Waals surface area (Å²) >= 11 is 1.47. The number of carbonyl (C=O) groups is 3. The third kappa shape index (κ3) is 9.00. The fourth-order valence-electron chi connectivity index (χ4n) is 9.07.